The SMILES string of the molecule is CN(Cc1ccc(C#N)cc1)C(=O)c1ccc(C(=O)Nc2ccc([N+](=O)[O-])cc2)cc1. The van der Waals surface area contributed by atoms with E-state index in [9.17, 15) is 19.7 Å². The zero-order valence-corrected chi connectivity index (χ0v) is 16.6. The number of hydrogen-bond acceptors (Lipinski definition) is 5. The third-order valence-corrected chi connectivity index (χ3v) is 4.58. The van der Waals surface area contributed by atoms with E-state index in [-0.39, 0.29) is 11.6 Å². The second-order valence-electron chi connectivity index (χ2n) is 6.81. The van der Waals surface area contributed by atoms with Crippen molar-refractivity contribution in [2.75, 3.05) is 12.4 Å². The Morgan fingerprint density at radius 3 is 2.10 bits per heavy atom. The first-order valence-electron chi connectivity index (χ1n) is 9.28. The molecule has 154 valence electrons. The normalized spacial score (nSPS) is 10.1. The van der Waals surface area contributed by atoms with Crippen LogP contribution in [0, 0.1) is 21.4 Å². The molecule has 0 radical (unpaired) electrons. The number of carbonyl (C=O) groups excluding carboxylic acids is 2. The van der Waals surface area contributed by atoms with Gasteiger partial charge in [-0.05, 0) is 54.1 Å². The van der Waals surface area contributed by atoms with E-state index >= 15 is 0 Å². The standard InChI is InChI=1S/C23H18N4O4/c1-26(15-17-4-2-16(14-24)3-5-17)23(29)19-8-6-18(7-9-19)22(28)25-20-10-12-21(13-11-20)27(30)31/h2-13H,15H2,1H3,(H,25,28). The van der Waals surface area contributed by atoms with Crippen molar-refractivity contribution in [1.29, 1.82) is 5.26 Å². The highest BCUT2D eigenvalue weighted by Gasteiger charge is 2.14. The van der Waals surface area contributed by atoms with Gasteiger partial charge in [0.15, 0.2) is 0 Å². The lowest BCUT2D eigenvalue weighted by atomic mass is 10.1. The van der Waals surface area contributed by atoms with Gasteiger partial charge in [-0.3, -0.25) is 19.7 Å². The number of carbonyl (C=O) groups is 2. The Kier molecular flexibility index (Phi) is 6.38. The molecule has 3 aromatic carbocycles. The topological polar surface area (TPSA) is 116 Å². The Morgan fingerprint density at radius 1 is 0.968 bits per heavy atom. The quantitative estimate of drug-likeness (QED) is 0.483. The number of non-ortho nitro benzene ring substituents is 1. The molecular weight excluding hydrogens is 396 g/mol. The number of benzene rings is 3. The summed E-state index contributed by atoms with van der Waals surface area (Å²) in [6.07, 6.45) is 0. The molecule has 0 aliphatic rings. The van der Waals surface area contributed by atoms with E-state index in [1.165, 1.54) is 24.3 Å². The Bertz CT molecular complexity index is 1150. The highest BCUT2D eigenvalue weighted by atomic mass is 16.6. The van der Waals surface area contributed by atoms with Crippen molar-refractivity contribution in [1.82, 2.24) is 4.90 Å². The van der Waals surface area contributed by atoms with Crippen LogP contribution in [-0.4, -0.2) is 28.7 Å². The first-order chi connectivity index (χ1) is 14.9. The van der Waals surface area contributed by atoms with Gasteiger partial charge in [-0.15, -0.1) is 0 Å². The van der Waals surface area contributed by atoms with Crippen molar-refractivity contribution in [3.05, 3.63) is 105 Å². The lowest BCUT2D eigenvalue weighted by molar-refractivity contribution is -0.384. The molecule has 8 heteroatoms. The summed E-state index contributed by atoms with van der Waals surface area (Å²) in [5.41, 5.74) is 2.60. The van der Waals surface area contributed by atoms with Crippen LogP contribution < -0.4 is 5.32 Å². The second-order valence-corrected chi connectivity index (χ2v) is 6.81. The zero-order valence-electron chi connectivity index (χ0n) is 16.6. The fourth-order valence-electron chi connectivity index (χ4n) is 2.88. The smallest absolute Gasteiger partial charge is 0.269 e. The monoisotopic (exact) mass is 414 g/mol. The molecule has 0 saturated carbocycles. The molecule has 3 rings (SSSR count). The van der Waals surface area contributed by atoms with E-state index in [2.05, 4.69) is 11.4 Å². The number of nitrogens with zero attached hydrogens (tertiary/aromatic N) is 3. The van der Waals surface area contributed by atoms with Crippen LogP contribution >= 0.6 is 0 Å². The van der Waals surface area contributed by atoms with Gasteiger partial charge < -0.3 is 10.2 Å². The van der Waals surface area contributed by atoms with Gasteiger partial charge >= 0.3 is 0 Å². The van der Waals surface area contributed by atoms with E-state index < -0.39 is 10.8 Å². The molecule has 0 atom stereocenters. The molecule has 0 aromatic heterocycles. The summed E-state index contributed by atoms with van der Waals surface area (Å²) >= 11 is 0. The Labute approximate surface area is 178 Å². The van der Waals surface area contributed by atoms with Gasteiger partial charge in [-0.1, -0.05) is 12.1 Å². The van der Waals surface area contributed by atoms with Crippen molar-refractivity contribution >= 4 is 23.2 Å². The third kappa shape index (κ3) is 5.31. The molecule has 8 nitrogen and oxygen atoms in total. The molecular formula is C23H18N4O4. The number of rotatable bonds is 6. The lowest BCUT2D eigenvalue weighted by Crippen LogP contribution is -2.26. The summed E-state index contributed by atoms with van der Waals surface area (Å²) in [7, 11) is 1.68. The number of nitro benzene ring substituents is 1. The van der Waals surface area contributed by atoms with Crippen LogP contribution in [0.3, 0.4) is 0 Å². The van der Waals surface area contributed by atoms with Gasteiger partial charge in [0.2, 0.25) is 0 Å². The molecule has 0 bridgehead atoms. The van der Waals surface area contributed by atoms with Gasteiger partial charge in [-0.2, -0.15) is 5.26 Å². The molecule has 31 heavy (non-hydrogen) atoms. The highest BCUT2D eigenvalue weighted by Crippen LogP contribution is 2.17. The summed E-state index contributed by atoms with van der Waals surface area (Å²) in [4.78, 5) is 36.8. The molecule has 0 fully saturated rings. The van der Waals surface area contributed by atoms with Crippen molar-refractivity contribution in [2.24, 2.45) is 0 Å². The molecule has 0 spiro atoms. The number of anilines is 1. The van der Waals surface area contributed by atoms with Gasteiger partial charge in [0, 0.05) is 42.5 Å². The van der Waals surface area contributed by atoms with Crippen molar-refractivity contribution in [3.8, 4) is 6.07 Å². The largest absolute Gasteiger partial charge is 0.337 e. The maximum absolute atomic E-state index is 12.6. The molecule has 1 N–H and O–H groups in total. The zero-order chi connectivity index (χ0) is 22.4. The third-order valence-electron chi connectivity index (χ3n) is 4.58. The summed E-state index contributed by atoms with van der Waals surface area (Å²) in [6, 6.07) is 20.8. The maximum atomic E-state index is 12.6. The molecule has 2 amide bonds. The van der Waals surface area contributed by atoms with E-state index in [1.807, 2.05) is 0 Å². The number of hydrogen-bond donors (Lipinski definition) is 1. The molecule has 0 aliphatic carbocycles. The van der Waals surface area contributed by atoms with E-state index in [0.29, 0.717) is 28.9 Å². The van der Waals surface area contributed by atoms with Gasteiger partial charge in [0.05, 0.1) is 16.6 Å². The van der Waals surface area contributed by atoms with E-state index in [1.54, 1.807) is 60.5 Å². The first-order valence-corrected chi connectivity index (χ1v) is 9.28. The van der Waals surface area contributed by atoms with Crippen LogP contribution in [-0.2, 0) is 6.54 Å². The minimum atomic E-state index is -0.514. The highest BCUT2D eigenvalue weighted by molar-refractivity contribution is 6.05. The summed E-state index contributed by atoms with van der Waals surface area (Å²) < 4.78 is 0. The summed E-state index contributed by atoms with van der Waals surface area (Å²) in [5, 5.41) is 22.2. The number of amides is 2. The Hall–Kier alpha value is -4.51. The van der Waals surface area contributed by atoms with Crippen molar-refractivity contribution < 1.29 is 14.5 Å². The first kappa shape index (κ1) is 21.2. The van der Waals surface area contributed by atoms with Crippen LogP contribution in [0.25, 0.3) is 0 Å². The van der Waals surface area contributed by atoms with Crippen LogP contribution in [0.15, 0.2) is 72.8 Å². The van der Waals surface area contributed by atoms with Crippen LogP contribution in [0.1, 0.15) is 31.8 Å². The maximum Gasteiger partial charge on any atom is 0.269 e. The molecule has 0 saturated heterocycles. The molecule has 0 aliphatic heterocycles. The van der Waals surface area contributed by atoms with Crippen LogP contribution in [0.2, 0.25) is 0 Å². The minimum absolute atomic E-state index is 0.0639. The van der Waals surface area contributed by atoms with Crippen molar-refractivity contribution in [3.63, 3.8) is 0 Å². The summed E-state index contributed by atoms with van der Waals surface area (Å²) in [6.45, 7) is 0.382. The van der Waals surface area contributed by atoms with Crippen molar-refractivity contribution in [2.45, 2.75) is 6.54 Å². The van der Waals surface area contributed by atoms with Gasteiger partial charge in [-0.25, -0.2) is 0 Å². The number of nitrogens with one attached hydrogen (secondary N) is 1. The van der Waals surface area contributed by atoms with E-state index in [4.69, 9.17) is 5.26 Å². The second kappa shape index (κ2) is 9.33. The van der Waals surface area contributed by atoms with Gasteiger partial charge in [0.25, 0.3) is 17.5 Å². The predicted molar refractivity (Wildman–Crippen MR) is 114 cm³/mol. The lowest BCUT2D eigenvalue weighted by Gasteiger charge is -2.17. The van der Waals surface area contributed by atoms with E-state index in [0.717, 1.165) is 5.56 Å². The fraction of sp³-hybridized carbons (Fsp3) is 0.0870. The summed E-state index contributed by atoms with van der Waals surface area (Å²) in [5.74, 6) is -0.592. The number of nitro groups is 1. The average Bonchev–Trinajstić information content (AvgIpc) is 2.79. The molecule has 0 unspecified atom stereocenters. The predicted octanol–water partition coefficient (Wildman–Crippen LogP) is 3.99. The molecule has 3 aromatic rings. The average molecular weight is 414 g/mol. The van der Waals surface area contributed by atoms with Crippen LogP contribution in [0.5, 0.6) is 0 Å². The minimum Gasteiger partial charge on any atom is -0.337 e. The Morgan fingerprint density at radius 2 is 1.55 bits per heavy atom. The Balaban J connectivity index is 1.62. The number of nitriles is 1. The van der Waals surface area contributed by atoms with Gasteiger partial charge in [0.1, 0.15) is 0 Å². The fourth-order valence-corrected chi connectivity index (χ4v) is 2.88. The molecule has 0 heterocycles. The van der Waals surface area contributed by atoms with Crippen LogP contribution in [0.4, 0.5) is 11.4 Å².